The summed E-state index contributed by atoms with van der Waals surface area (Å²) < 4.78 is 8.48. The molecule has 0 spiro atoms. The van der Waals surface area contributed by atoms with Crippen molar-refractivity contribution in [3.05, 3.63) is 94.9 Å². The third-order valence-electron chi connectivity index (χ3n) is 5.95. The van der Waals surface area contributed by atoms with Gasteiger partial charge in [0.1, 0.15) is 12.4 Å². The number of nitrogens with zero attached hydrogens (tertiary/aromatic N) is 3. The van der Waals surface area contributed by atoms with Crippen LogP contribution in [-0.2, 0) is 6.54 Å². The van der Waals surface area contributed by atoms with Crippen LogP contribution in [0.1, 0.15) is 52.5 Å². The third kappa shape index (κ3) is 5.01. The Morgan fingerprint density at radius 2 is 1.88 bits per heavy atom. The summed E-state index contributed by atoms with van der Waals surface area (Å²) in [5.74, 6) is 1.08. The van der Waals surface area contributed by atoms with Gasteiger partial charge in [0, 0.05) is 40.1 Å². The minimum atomic E-state index is -0.271. The Bertz CT molecular complexity index is 1320. The van der Waals surface area contributed by atoms with E-state index in [0.29, 0.717) is 24.6 Å². The van der Waals surface area contributed by atoms with Gasteiger partial charge in [-0.05, 0) is 55.2 Å². The number of nitrogens with one attached hydrogen (secondary N) is 1. The monoisotopic (exact) mass is 454 g/mol. The number of hydrazone groups is 1. The number of carbonyl (C=O) groups is 1. The van der Waals surface area contributed by atoms with Gasteiger partial charge in [-0.3, -0.25) is 9.78 Å². The van der Waals surface area contributed by atoms with E-state index in [1.54, 1.807) is 30.7 Å². The van der Waals surface area contributed by atoms with Crippen molar-refractivity contribution in [1.82, 2.24) is 15.0 Å². The molecule has 174 valence electrons. The smallest absolute Gasteiger partial charge is 0.271 e. The molecule has 1 amide bonds. The molecule has 0 atom stereocenters. The number of hydrogen-bond acceptors (Lipinski definition) is 4. The molecule has 0 bridgehead atoms. The fraction of sp³-hybridized carbons (Fsp3) is 0.250. The normalized spacial score (nSPS) is 11.4. The second-order valence-electron chi connectivity index (χ2n) is 8.65. The molecular weight excluding hydrogens is 424 g/mol. The quantitative estimate of drug-likeness (QED) is 0.278. The molecule has 0 saturated heterocycles. The lowest BCUT2D eigenvalue weighted by Gasteiger charge is -2.16. The Labute approximate surface area is 200 Å². The Hall–Kier alpha value is -3.93. The molecule has 34 heavy (non-hydrogen) atoms. The zero-order valence-corrected chi connectivity index (χ0v) is 20.1. The van der Waals surface area contributed by atoms with Gasteiger partial charge in [-0.1, -0.05) is 44.2 Å². The lowest BCUT2D eigenvalue weighted by Crippen LogP contribution is -2.17. The molecule has 0 aliphatic heterocycles. The van der Waals surface area contributed by atoms with Crippen LogP contribution in [0.4, 0.5) is 0 Å². The fourth-order valence-corrected chi connectivity index (χ4v) is 4.12. The van der Waals surface area contributed by atoms with Crippen LogP contribution in [0.5, 0.6) is 5.75 Å². The zero-order chi connectivity index (χ0) is 24.1. The highest BCUT2D eigenvalue weighted by molar-refractivity contribution is 6.02. The topological polar surface area (TPSA) is 68.5 Å². The molecule has 2 heterocycles. The first-order valence-electron chi connectivity index (χ1n) is 11.5. The average Bonchev–Trinajstić information content (AvgIpc) is 3.10. The van der Waals surface area contributed by atoms with E-state index < -0.39 is 0 Å². The maximum absolute atomic E-state index is 12.3. The molecule has 0 saturated carbocycles. The summed E-state index contributed by atoms with van der Waals surface area (Å²) in [6, 6.07) is 17.9. The molecule has 4 aromatic rings. The van der Waals surface area contributed by atoms with Crippen LogP contribution in [0.15, 0.2) is 72.1 Å². The van der Waals surface area contributed by atoms with Gasteiger partial charge in [0.2, 0.25) is 0 Å². The predicted octanol–water partition coefficient (Wildman–Crippen LogP) is 5.62. The van der Waals surface area contributed by atoms with Crippen molar-refractivity contribution in [3.63, 3.8) is 0 Å². The highest BCUT2D eigenvalue weighted by Crippen LogP contribution is 2.28. The molecule has 6 heteroatoms. The van der Waals surface area contributed by atoms with Crippen LogP contribution >= 0.6 is 0 Å². The van der Waals surface area contributed by atoms with Crippen LogP contribution in [0, 0.1) is 13.8 Å². The van der Waals surface area contributed by atoms with E-state index in [1.165, 1.54) is 11.1 Å². The Morgan fingerprint density at radius 3 is 2.65 bits per heavy atom. The minimum absolute atomic E-state index is 0.271. The minimum Gasteiger partial charge on any atom is -0.491 e. The number of fused-ring (bicyclic) bond motifs is 1. The third-order valence-corrected chi connectivity index (χ3v) is 5.95. The van der Waals surface area contributed by atoms with Crippen molar-refractivity contribution in [2.24, 2.45) is 5.10 Å². The van der Waals surface area contributed by atoms with Crippen LogP contribution in [0.25, 0.3) is 10.9 Å². The molecule has 0 unspecified atom stereocenters. The molecule has 2 aromatic carbocycles. The van der Waals surface area contributed by atoms with E-state index in [9.17, 15) is 4.79 Å². The van der Waals surface area contributed by atoms with Gasteiger partial charge in [0.05, 0.1) is 12.8 Å². The number of pyridine rings is 1. The predicted molar refractivity (Wildman–Crippen MR) is 137 cm³/mol. The molecule has 0 aliphatic carbocycles. The maximum Gasteiger partial charge on any atom is 0.271 e. The van der Waals surface area contributed by atoms with Gasteiger partial charge in [-0.25, -0.2) is 5.43 Å². The number of ether oxygens (including phenoxy) is 1. The molecule has 4 rings (SSSR count). The summed E-state index contributed by atoms with van der Waals surface area (Å²) in [5.41, 5.74) is 8.68. The SMILES string of the molecule is Cc1ccc(C(C)C)c(OCCn2c(C)c(/C=N\NC(=O)c3ccncc3)c3ccccc32)c1. The van der Waals surface area contributed by atoms with Crippen LogP contribution < -0.4 is 10.2 Å². The van der Waals surface area contributed by atoms with E-state index in [0.717, 1.165) is 27.9 Å². The van der Waals surface area contributed by atoms with Gasteiger partial charge in [0.15, 0.2) is 0 Å². The number of aryl methyl sites for hydroxylation is 1. The molecular formula is C28H30N4O2. The molecule has 6 nitrogen and oxygen atoms in total. The number of benzene rings is 2. The van der Waals surface area contributed by atoms with Crippen molar-refractivity contribution in [3.8, 4) is 5.75 Å². The molecule has 0 radical (unpaired) electrons. The van der Waals surface area contributed by atoms with E-state index >= 15 is 0 Å². The number of para-hydroxylation sites is 1. The largest absolute Gasteiger partial charge is 0.491 e. The summed E-state index contributed by atoms with van der Waals surface area (Å²) in [6.07, 6.45) is 4.88. The number of carbonyl (C=O) groups excluding carboxylic acids is 1. The molecule has 2 aromatic heterocycles. The summed E-state index contributed by atoms with van der Waals surface area (Å²) >= 11 is 0. The second kappa shape index (κ2) is 10.3. The standard InChI is InChI=1S/C28H30N4O2/c1-19(2)23-10-9-20(3)17-27(23)34-16-15-32-21(4)25(24-7-5-6-8-26(24)32)18-30-31-28(33)22-11-13-29-14-12-22/h5-14,17-19H,15-16H2,1-4H3,(H,31,33)/b30-18-. The van der Waals surface area contributed by atoms with E-state index in [1.807, 2.05) is 12.1 Å². The summed E-state index contributed by atoms with van der Waals surface area (Å²) in [6.45, 7) is 9.77. The van der Waals surface area contributed by atoms with Crippen LogP contribution in [0.3, 0.4) is 0 Å². The lowest BCUT2D eigenvalue weighted by molar-refractivity contribution is 0.0955. The van der Waals surface area contributed by atoms with Crippen molar-refractivity contribution in [2.45, 2.75) is 40.2 Å². The maximum atomic E-state index is 12.3. The van der Waals surface area contributed by atoms with E-state index in [2.05, 4.69) is 78.1 Å². The second-order valence-corrected chi connectivity index (χ2v) is 8.65. The summed E-state index contributed by atoms with van der Waals surface area (Å²) in [7, 11) is 0. The van der Waals surface area contributed by atoms with E-state index in [4.69, 9.17) is 4.74 Å². The Kier molecular flexibility index (Phi) is 7.07. The van der Waals surface area contributed by atoms with Gasteiger partial charge >= 0.3 is 0 Å². The first kappa shape index (κ1) is 23.2. The molecule has 0 aliphatic rings. The van der Waals surface area contributed by atoms with Crippen molar-refractivity contribution < 1.29 is 9.53 Å². The van der Waals surface area contributed by atoms with Gasteiger partial charge in [-0.2, -0.15) is 5.10 Å². The molecule has 0 fully saturated rings. The average molecular weight is 455 g/mol. The van der Waals surface area contributed by atoms with Crippen LogP contribution in [0.2, 0.25) is 0 Å². The van der Waals surface area contributed by atoms with E-state index in [-0.39, 0.29) is 5.91 Å². The van der Waals surface area contributed by atoms with Gasteiger partial charge in [-0.15, -0.1) is 0 Å². The van der Waals surface area contributed by atoms with Crippen molar-refractivity contribution in [1.29, 1.82) is 0 Å². The highest BCUT2D eigenvalue weighted by Gasteiger charge is 2.14. The van der Waals surface area contributed by atoms with Gasteiger partial charge in [0.25, 0.3) is 5.91 Å². The number of aromatic nitrogens is 2. The van der Waals surface area contributed by atoms with Gasteiger partial charge < -0.3 is 9.30 Å². The Morgan fingerprint density at radius 1 is 1.12 bits per heavy atom. The fourth-order valence-electron chi connectivity index (χ4n) is 4.12. The number of hydrogen-bond donors (Lipinski definition) is 1. The number of rotatable bonds is 8. The summed E-state index contributed by atoms with van der Waals surface area (Å²) in [4.78, 5) is 16.2. The number of amides is 1. The van der Waals surface area contributed by atoms with Crippen molar-refractivity contribution in [2.75, 3.05) is 6.61 Å². The van der Waals surface area contributed by atoms with Crippen molar-refractivity contribution >= 4 is 23.0 Å². The zero-order valence-electron chi connectivity index (χ0n) is 20.1. The highest BCUT2D eigenvalue weighted by atomic mass is 16.5. The first-order chi connectivity index (χ1) is 16.5. The lowest BCUT2D eigenvalue weighted by atomic mass is 10.0. The first-order valence-corrected chi connectivity index (χ1v) is 11.5. The summed E-state index contributed by atoms with van der Waals surface area (Å²) in [5, 5.41) is 5.30. The van der Waals surface area contributed by atoms with Crippen LogP contribution in [-0.4, -0.2) is 28.3 Å². The molecule has 1 N–H and O–H groups in total. The Balaban J connectivity index is 1.53.